The van der Waals surface area contributed by atoms with Gasteiger partial charge in [0.1, 0.15) is 0 Å². The lowest BCUT2D eigenvalue weighted by molar-refractivity contribution is 0.197. The molecule has 0 aromatic heterocycles. The third-order valence-corrected chi connectivity index (χ3v) is 3.11. The molecule has 1 N–H and O–H groups in total. The zero-order valence-corrected chi connectivity index (χ0v) is 10.4. The van der Waals surface area contributed by atoms with Crippen molar-refractivity contribution in [1.82, 2.24) is 10.2 Å². The zero-order chi connectivity index (χ0) is 12.3. The summed E-state index contributed by atoms with van der Waals surface area (Å²) in [6.07, 6.45) is 0. The summed E-state index contributed by atoms with van der Waals surface area (Å²) in [4.78, 5) is 2.26. The number of ether oxygens (including phenoxy) is 1. The summed E-state index contributed by atoms with van der Waals surface area (Å²) >= 11 is 0. The maximum absolute atomic E-state index is 14.0. The third kappa shape index (κ3) is 2.96. The van der Waals surface area contributed by atoms with Gasteiger partial charge < -0.3 is 10.1 Å². The van der Waals surface area contributed by atoms with Crippen molar-refractivity contribution in [1.29, 1.82) is 0 Å². The molecule has 1 atom stereocenters. The summed E-state index contributed by atoms with van der Waals surface area (Å²) < 4.78 is 18.9. The first kappa shape index (κ1) is 12.3. The molecule has 1 fully saturated rings. The van der Waals surface area contributed by atoms with Gasteiger partial charge in [-0.2, -0.15) is 0 Å². The van der Waals surface area contributed by atoms with Crippen molar-refractivity contribution in [2.24, 2.45) is 0 Å². The molecule has 1 aliphatic rings. The second-order valence-corrected chi connectivity index (χ2v) is 4.52. The monoisotopic (exact) mass is 238 g/mol. The Labute approximate surface area is 102 Å². The number of hydrogen-bond donors (Lipinski definition) is 1. The van der Waals surface area contributed by atoms with Crippen molar-refractivity contribution in [3.05, 3.63) is 29.6 Å². The van der Waals surface area contributed by atoms with E-state index in [-0.39, 0.29) is 5.82 Å². The average Bonchev–Trinajstić information content (AvgIpc) is 2.32. The number of benzene rings is 1. The highest BCUT2D eigenvalue weighted by molar-refractivity contribution is 5.31. The van der Waals surface area contributed by atoms with Gasteiger partial charge in [-0.15, -0.1) is 0 Å². The van der Waals surface area contributed by atoms with Crippen LogP contribution in [-0.4, -0.2) is 37.7 Å². The van der Waals surface area contributed by atoms with Crippen LogP contribution in [0.1, 0.15) is 12.5 Å². The van der Waals surface area contributed by atoms with Crippen molar-refractivity contribution in [2.75, 3.05) is 26.7 Å². The first-order valence-electron chi connectivity index (χ1n) is 5.98. The number of piperazine rings is 1. The van der Waals surface area contributed by atoms with Crippen molar-refractivity contribution in [3.63, 3.8) is 0 Å². The Morgan fingerprint density at radius 1 is 1.53 bits per heavy atom. The minimum atomic E-state index is -0.235. The Bertz CT molecular complexity index is 384. The van der Waals surface area contributed by atoms with Gasteiger partial charge in [-0.05, 0) is 13.0 Å². The molecule has 0 radical (unpaired) electrons. The highest BCUT2D eigenvalue weighted by Gasteiger charge is 2.17. The number of halogens is 1. The van der Waals surface area contributed by atoms with E-state index < -0.39 is 0 Å². The number of nitrogens with one attached hydrogen (secondary N) is 1. The number of methoxy groups -OCH3 is 1. The van der Waals surface area contributed by atoms with Crippen LogP contribution >= 0.6 is 0 Å². The van der Waals surface area contributed by atoms with E-state index in [0.29, 0.717) is 23.9 Å². The molecule has 1 aromatic carbocycles. The summed E-state index contributed by atoms with van der Waals surface area (Å²) in [5, 5.41) is 3.37. The third-order valence-electron chi connectivity index (χ3n) is 3.11. The normalized spacial score (nSPS) is 21.5. The Kier molecular flexibility index (Phi) is 3.97. The molecule has 0 unspecified atom stereocenters. The Morgan fingerprint density at radius 2 is 2.35 bits per heavy atom. The molecule has 1 aromatic rings. The highest BCUT2D eigenvalue weighted by atomic mass is 19.1. The predicted molar refractivity (Wildman–Crippen MR) is 65.7 cm³/mol. The van der Waals surface area contributed by atoms with Crippen LogP contribution in [0.3, 0.4) is 0 Å². The Balaban J connectivity index is 2.07. The van der Waals surface area contributed by atoms with Gasteiger partial charge in [0.05, 0.1) is 7.11 Å². The molecule has 1 saturated heterocycles. The number of hydrogen-bond acceptors (Lipinski definition) is 3. The van der Waals surface area contributed by atoms with Crippen molar-refractivity contribution in [3.8, 4) is 5.75 Å². The first-order chi connectivity index (χ1) is 8.20. The average molecular weight is 238 g/mol. The van der Waals surface area contributed by atoms with Crippen molar-refractivity contribution < 1.29 is 9.13 Å². The molecule has 0 amide bonds. The van der Waals surface area contributed by atoms with E-state index in [9.17, 15) is 4.39 Å². The molecule has 0 spiro atoms. The lowest BCUT2D eigenvalue weighted by atomic mass is 10.1. The van der Waals surface area contributed by atoms with E-state index in [1.807, 2.05) is 12.1 Å². The smallest absolute Gasteiger partial charge is 0.169 e. The number of nitrogens with zero attached hydrogens (tertiary/aromatic N) is 1. The minimum absolute atomic E-state index is 0.235. The van der Waals surface area contributed by atoms with Crippen LogP contribution < -0.4 is 10.1 Å². The lowest BCUT2D eigenvalue weighted by Crippen LogP contribution is -2.48. The molecule has 4 heteroatoms. The lowest BCUT2D eigenvalue weighted by Gasteiger charge is -2.31. The van der Waals surface area contributed by atoms with Crippen LogP contribution in [-0.2, 0) is 6.54 Å². The van der Waals surface area contributed by atoms with Crippen molar-refractivity contribution >= 4 is 0 Å². The van der Waals surface area contributed by atoms with E-state index >= 15 is 0 Å². The molecule has 0 bridgehead atoms. The molecule has 1 heterocycles. The second-order valence-electron chi connectivity index (χ2n) is 4.52. The molecule has 0 saturated carbocycles. The molecule has 17 heavy (non-hydrogen) atoms. The van der Waals surface area contributed by atoms with Gasteiger partial charge in [0, 0.05) is 37.8 Å². The summed E-state index contributed by atoms with van der Waals surface area (Å²) in [5.41, 5.74) is 0.707. The molecular weight excluding hydrogens is 219 g/mol. The van der Waals surface area contributed by atoms with Gasteiger partial charge in [-0.3, -0.25) is 4.90 Å². The second kappa shape index (κ2) is 5.47. The van der Waals surface area contributed by atoms with E-state index in [4.69, 9.17) is 4.74 Å². The van der Waals surface area contributed by atoms with Crippen LogP contribution in [0.25, 0.3) is 0 Å². The summed E-state index contributed by atoms with van der Waals surface area (Å²) in [5.74, 6) is 0.0897. The van der Waals surface area contributed by atoms with Crippen LogP contribution in [0, 0.1) is 5.82 Å². The number of rotatable bonds is 3. The maximum atomic E-state index is 14.0. The zero-order valence-electron chi connectivity index (χ0n) is 10.4. The molecule has 1 aliphatic heterocycles. The van der Waals surface area contributed by atoms with E-state index in [1.165, 1.54) is 7.11 Å². The first-order valence-corrected chi connectivity index (χ1v) is 5.98. The Hall–Kier alpha value is -1.13. The summed E-state index contributed by atoms with van der Waals surface area (Å²) in [6.45, 7) is 5.67. The SMILES string of the molecule is COc1cccc(CN2CCN[C@H](C)C2)c1F. The molecule has 2 rings (SSSR count). The van der Waals surface area contributed by atoms with Crippen LogP contribution in [0.2, 0.25) is 0 Å². The van der Waals surface area contributed by atoms with Crippen LogP contribution in [0.15, 0.2) is 18.2 Å². The van der Waals surface area contributed by atoms with Crippen molar-refractivity contribution in [2.45, 2.75) is 19.5 Å². The molecule has 94 valence electrons. The Morgan fingerprint density at radius 3 is 3.06 bits per heavy atom. The minimum Gasteiger partial charge on any atom is -0.494 e. The van der Waals surface area contributed by atoms with Gasteiger partial charge in [-0.25, -0.2) is 4.39 Å². The van der Waals surface area contributed by atoms with Gasteiger partial charge in [-0.1, -0.05) is 12.1 Å². The van der Waals surface area contributed by atoms with E-state index in [2.05, 4.69) is 17.1 Å². The molecule has 0 aliphatic carbocycles. The fourth-order valence-corrected chi connectivity index (χ4v) is 2.23. The standard InChI is InChI=1S/C13H19FN2O/c1-10-8-16(7-6-15-10)9-11-4-3-5-12(17-2)13(11)14/h3-5,10,15H,6-9H2,1-2H3/t10-/m1/s1. The fraction of sp³-hybridized carbons (Fsp3) is 0.538. The molecular formula is C13H19FN2O. The van der Waals surface area contributed by atoms with E-state index in [0.717, 1.165) is 19.6 Å². The van der Waals surface area contributed by atoms with Gasteiger partial charge in [0.15, 0.2) is 11.6 Å². The van der Waals surface area contributed by atoms with Crippen LogP contribution in [0.4, 0.5) is 4.39 Å². The van der Waals surface area contributed by atoms with E-state index in [1.54, 1.807) is 6.07 Å². The topological polar surface area (TPSA) is 24.5 Å². The highest BCUT2D eigenvalue weighted by Crippen LogP contribution is 2.21. The largest absolute Gasteiger partial charge is 0.494 e. The van der Waals surface area contributed by atoms with Gasteiger partial charge in [0.2, 0.25) is 0 Å². The predicted octanol–water partition coefficient (Wildman–Crippen LogP) is 1.63. The molecule has 3 nitrogen and oxygen atoms in total. The van der Waals surface area contributed by atoms with Crippen LogP contribution in [0.5, 0.6) is 5.75 Å². The quantitative estimate of drug-likeness (QED) is 0.866. The van der Waals surface area contributed by atoms with Gasteiger partial charge in [0.25, 0.3) is 0 Å². The maximum Gasteiger partial charge on any atom is 0.169 e. The summed E-state index contributed by atoms with van der Waals surface area (Å²) in [6, 6.07) is 5.78. The summed E-state index contributed by atoms with van der Waals surface area (Å²) in [7, 11) is 1.50. The fourth-order valence-electron chi connectivity index (χ4n) is 2.23. The van der Waals surface area contributed by atoms with Gasteiger partial charge >= 0.3 is 0 Å².